The van der Waals surface area contributed by atoms with Crippen molar-refractivity contribution in [1.82, 2.24) is 9.97 Å². The number of aromatic nitrogens is 2. The van der Waals surface area contributed by atoms with Crippen LogP contribution in [0.3, 0.4) is 0 Å². The van der Waals surface area contributed by atoms with Gasteiger partial charge in [-0.1, -0.05) is 33.8 Å². The zero-order valence-corrected chi connectivity index (χ0v) is 17.5. The molecule has 0 spiro atoms. The summed E-state index contributed by atoms with van der Waals surface area (Å²) in [5, 5.41) is 5.17. The maximum Gasteiger partial charge on any atom is 0.416 e. The van der Waals surface area contributed by atoms with Crippen molar-refractivity contribution < 1.29 is 22.8 Å². The predicted molar refractivity (Wildman–Crippen MR) is 108 cm³/mol. The molecule has 0 aromatic carbocycles. The number of rotatable bonds is 6. The summed E-state index contributed by atoms with van der Waals surface area (Å²) in [6.45, 7) is 8.26. The van der Waals surface area contributed by atoms with E-state index in [1.54, 1.807) is 45.9 Å². The molecule has 0 aliphatic rings. The van der Waals surface area contributed by atoms with E-state index in [4.69, 9.17) is 0 Å². The molecule has 0 aliphatic carbocycles. The van der Waals surface area contributed by atoms with Gasteiger partial charge < -0.3 is 10.6 Å². The van der Waals surface area contributed by atoms with Gasteiger partial charge in [-0.2, -0.15) is 13.2 Å². The normalized spacial score (nSPS) is 12.0. The Morgan fingerprint density at radius 1 is 1.03 bits per heavy atom. The molecule has 162 valence electrons. The number of carbonyl (C=O) groups is 2. The van der Waals surface area contributed by atoms with Gasteiger partial charge >= 0.3 is 6.18 Å². The van der Waals surface area contributed by atoms with Crippen molar-refractivity contribution in [2.45, 2.75) is 47.2 Å². The van der Waals surface area contributed by atoms with Gasteiger partial charge in [-0.25, -0.2) is 9.97 Å². The van der Waals surface area contributed by atoms with Crippen LogP contribution < -0.4 is 10.6 Å². The number of nitrogens with one attached hydrogen (secondary N) is 2. The largest absolute Gasteiger partial charge is 0.416 e. The molecule has 9 heteroatoms. The van der Waals surface area contributed by atoms with Crippen LogP contribution in [0, 0.1) is 18.3 Å². The van der Waals surface area contributed by atoms with Crippen molar-refractivity contribution in [2.75, 3.05) is 10.6 Å². The fourth-order valence-corrected chi connectivity index (χ4v) is 2.63. The van der Waals surface area contributed by atoms with E-state index < -0.39 is 23.1 Å². The van der Waals surface area contributed by atoms with Crippen LogP contribution in [0.25, 0.3) is 0 Å². The summed E-state index contributed by atoms with van der Waals surface area (Å²) < 4.78 is 39.0. The number of aryl methyl sites for hydroxylation is 1. The molecular weight excluding hydrogens is 397 g/mol. The maximum atomic E-state index is 13.0. The standard InChI is InChI=1S/C21H25F3N4O2/c1-12(2)18(29)27-16-8-6-7-15(26-16)11-20(4,5)19(30)28-17-10-14(21(22,23)24)9-13(3)25-17/h6-10,12H,11H2,1-5H3,(H,25,28,30)(H,26,27,29). The van der Waals surface area contributed by atoms with Gasteiger partial charge in [0.15, 0.2) is 0 Å². The number of pyridine rings is 2. The highest BCUT2D eigenvalue weighted by Crippen LogP contribution is 2.31. The van der Waals surface area contributed by atoms with Crippen LogP contribution in [0.2, 0.25) is 0 Å². The van der Waals surface area contributed by atoms with Crippen LogP contribution in [0.1, 0.15) is 44.6 Å². The summed E-state index contributed by atoms with van der Waals surface area (Å²) in [5.41, 5.74) is -1.16. The van der Waals surface area contributed by atoms with Crippen molar-refractivity contribution in [1.29, 1.82) is 0 Å². The van der Waals surface area contributed by atoms with E-state index >= 15 is 0 Å². The van der Waals surface area contributed by atoms with E-state index in [1.165, 1.54) is 6.92 Å². The molecule has 0 aliphatic heterocycles. The highest BCUT2D eigenvalue weighted by atomic mass is 19.4. The Bertz CT molecular complexity index is 940. The molecule has 0 saturated heterocycles. The Labute approximate surface area is 173 Å². The van der Waals surface area contributed by atoms with Crippen LogP contribution in [0.4, 0.5) is 24.8 Å². The monoisotopic (exact) mass is 422 g/mol. The van der Waals surface area contributed by atoms with Crippen LogP contribution in [0.15, 0.2) is 30.3 Å². The lowest BCUT2D eigenvalue weighted by Gasteiger charge is -2.23. The number of hydrogen-bond donors (Lipinski definition) is 2. The third-order valence-corrected chi connectivity index (χ3v) is 4.34. The van der Waals surface area contributed by atoms with Gasteiger partial charge in [-0.05, 0) is 31.2 Å². The quantitative estimate of drug-likeness (QED) is 0.712. The second-order valence-corrected chi connectivity index (χ2v) is 8.05. The summed E-state index contributed by atoms with van der Waals surface area (Å²) in [6, 6.07) is 6.80. The second-order valence-electron chi connectivity index (χ2n) is 8.05. The Balaban J connectivity index is 2.15. The van der Waals surface area contributed by atoms with E-state index in [0.29, 0.717) is 11.5 Å². The number of hydrogen-bond acceptors (Lipinski definition) is 4. The molecule has 0 saturated carbocycles. The van der Waals surface area contributed by atoms with Crippen molar-refractivity contribution in [2.24, 2.45) is 11.3 Å². The Kier molecular flexibility index (Phi) is 6.84. The predicted octanol–water partition coefficient (Wildman–Crippen LogP) is 4.61. The fourth-order valence-electron chi connectivity index (χ4n) is 2.63. The Morgan fingerprint density at radius 2 is 1.70 bits per heavy atom. The highest BCUT2D eigenvalue weighted by molar-refractivity contribution is 5.94. The molecule has 2 aromatic rings. The molecule has 2 aromatic heterocycles. The molecule has 6 nitrogen and oxygen atoms in total. The SMILES string of the molecule is Cc1cc(C(F)(F)F)cc(NC(=O)C(C)(C)Cc2cccc(NC(=O)C(C)C)n2)n1. The summed E-state index contributed by atoms with van der Waals surface area (Å²) in [7, 11) is 0. The number of halogens is 3. The van der Waals surface area contributed by atoms with Gasteiger partial charge in [0.25, 0.3) is 0 Å². The number of amides is 2. The first-order valence-electron chi connectivity index (χ1n) is 9.42. The molecule has 0 bridgehead atoms. The second kappa shape index (κ2) is 8.81. The average molecular weight is 422 g/mol. The topological polar surface area (TPSA) is 84.0 Å². The molecule has 2 rings (SSSR count). The number of alkyl halides is 3. The third-order valence-electron chi connectivity index (χ3n) is 4.34. The Hall–Kier alpha value is -2.97. The van der Waals surface area contributed by atoms with Gasteiger partial charge in [0.05, 0.1) is 5.56 Å². The molecule has 2 N–H and O–H groups in total. The zero-order chi connectivity index (χ0) is 22.7. The smallest absolute Gasteiger partial charge is 0.310 e. The summed E-state index contributed by atoms with van der Waals surface area (Å²) in [5.74, 6) is -0.667. The van der Waals surface area contributed by atoms with Gasteiger partial charge in [-0.3, -0.25) is 9.59 Å². The van der Waals surface area contributed by atoms with Gasteiger partial charge in [0.1, 0.15) is 11.6 Å². The average Bonchev–Trinajstić information content (AvgIpc) is 2.60. The van der Waals surface area contributed by atoms with Crippen molar-refractivity contribution in [3.8, 4) is 0 Å². The van der Waals surface area contributed by atoms with Crippen molar-refractivity contribution in [3.63, 3.8) is 0 Å². The van der Waals surface area contributed by atoms with Crippen LogP contribution >= 0.6 is 0 Å². The molecule has 0 fully saturated rings. The van der Waals surface area contributed by atoms with Crippen LogP contribution in [-0.2, 0) is 22.2 Å². The maximum absolute atomic E-state index is 13.0. The lowest BCUT2D eigenvalue weighted by atomic mass is 9.86. The Morgan fingerprint density at radius 3 is 2.30 bits per heavy atom. The lowest BCUT2D eigenvalue weighted by molar-refractivity contribution is -0.137. The first-order chi connectivity index (χ1) is 13.8. The summed E-state index contributed by atoms with van der Waals surface area (Å²) >= 11 is 0. The minimum Gasteiger partial charge on any atom is -0.310 e. The first kappa shape index (κ1) is 23.3. The van der Waals surface area contributed by atoms with Crippen LogP contribution in [-0.4, -0.2) is 21.8 Å². The number of anilines is 2. The molecule has 0 radical (unpaired) electrons. The highest BCUT2D eigenvalue weighted by Gasteiger charge is 2.33. The van der Waals surface area contributed by atoms with E-state index in [-0.39, 0.29) is 29.8 Å². The summed E-state index contributed by atoms with van der Waals surface area (Å²) in [4.78, 5) is 32.9. The number of nitrogens with zero attached hydrogens (tertiary/aromatic N) is 2. The molecular formula is C21H25F3N4O2. The molecule has 2 amide bonds. The van der Waals surface area contributed by atoms with Crippen LogP contribution in [0.5, 0.6) is 0 Å². The lowest BCUT2D eigenvalue weighted by Crippen LogP contribution is -2.33. The molecule has 30 heavy (non-hydrogen) atoms. The minimum absolute atomic E-state index is 0.146. The van der Waals surface area contributed by atoms with E-state index in [1.807, 2.05) is 0 Å². The molecule has 0 unspecified atom stereocenters. The third kappa shape index (κ3) is 6.27. The van der Waals surface area contributed by atoms with E-state index in [0.717, 1.165) is 12.1 Å². The molecule has 2 heterocycles. The summed E-state index contributed by atoms with van der Waals surface area (Å²) in [6.07, 6.45) is -4.32. The number of carbonyl (C=O) groups excluding carboxylic acids is 2. The van der Waals surface area contributed by atoms with E-state index in [2.05, 4.69) is 20.6 Å². The van der Waals surface area contributed by atoms with Gasteiger partial charge in [-0.15, -0.1) is 0 Å². The molecule has 0 atom stereocenters. The van der Waals surface area contributed by atoms with Gasteiger partial charge in [0, 0.05) is 29.1 Å². The van der Waals surface area contributed by atoms with Crippen molar-refractivity contribution >= 4 is 23.5 Å². The zero-order valence-electron chi connectivity index (χ0n) is 17.5. The van der Waals surface area contributed by atoms with Crippen molar-refractivity contribution in [3.05, 3.63) is 47.3 Å². The fraction of sp³-hybridized carbons (Fsp3) is 0.429. The van der Waals surface area contributed by atoms with E-state index in [9.17, 15) is 22.8 Å². The van der Waals surface area contributed by atoms with Gasteiger partial charge in [0.2, 0.25) is 11.8 Å². The minimum atomic E-state index is -4.53. The first-order valence-corrected chi connectivity index (χ1v) is 9.42.